The van der Waals surface area contributed by atoms with E-state index in [-0.39, 0.29) is 11.9 Å². The highest BCUT2D eigenvalue weighted by Crippen LogP contribution is 2.36. The Balaban J connectivity index is 1.50. The molecular weight excluding hydrogens is 295 g/mol. The van der Waals surface area contributed by atoms with E-state index < -0.39 is 0 Å². The van der Waals surface area contributed by atoms with Crippen LogP contribution in [0, 0.1) is 11.7 Å². The van der Waals surface area contributed by atoms with Gasteiger partial charge in [-0.05, 0) is 24.8 Å². The maximum atomic E-state index is 13.8. The van der Waals surface area contributed by atoms with Crippen molar-refractivity contribution in [3.05, 3.63) is 42.0 Å². The first kappa shape index (κ1) is 14.2. The molecule has 0 amide bonds. The van der Waals surface area contributed by atoms with Crippen LogP contribution in [0.5, 0.6) is 5.75 Å². The van der Waals surface area contributed by atoms with Crippen molar-refractivity contribution in [2.75, 3.05) is 23.8 Å². The van der Waals surface area contributed by atoms with E-state index in [2.05, 4.69) is 20.6 Å². The summed E-state index contributed by atoms with van der Waals surface area (Å²) in [6, 6.07) is 6.91. The minimum Gasteiger partial charge on any atom is -0.490 e. The van der Waals surface area contributed by atoms with E-state index in [1.807, 2.05) is 12.1 Å². The number of hydrogen-bond donors (Lipinski definition) is 2. The van der Waals surface area contributed by atoms with Gasteiger partial charge in [0.05, 0.1) is 12.6 Å². The Bertz CT molecular complexity index is 705. The van der Waals surface area contributed by atoms with E-state index in [0.29, 0.717) is 12.4 Å². The van der Waals surface area contributed by atoms with Crippen LogP contribution in [0.3, 0.4) is 0 Å². The zero-order valence-corrected chi connectivity index (χ0v) is 12.8. The highest BCUT2D eigenvalue weighted by Gasteiger charge is 2.24. The standard InChI is InChI=1S/C17H19FN4O/c18-13-3-1-2-12-14(6-7-23-17(12)13)22-16-8-15(20-10-21-16)19-9-11-4-5-11/h1-3,8,10-11,14H,4-7,9H2,(H2,19,20,21,22)/t14-/m0/s1. The summed E-state index contributed by atoms with van der Waals surface area (Å²) in [6.45, 7) is 1.45. The van der Waals surface area contributed by atoms with Crippen molar-refractivity contribution >= 4 is 11.6 Å². The molecule has 4 rings (SSSR count). The molecule has 1 aliphatic carbocycles. The lowest BCUT2D eigenvalue weighted by atomic mass is 10.0. The lowest BCUT2D eigenvalue weighted by Gasteiger charge is -2.27. The lowest BCUT2D eigenvalue weighted by Crippen LogP contribution is -2.21. The Kier molecular flexibility index (Phi) is 3.73. The maximum absolute atomic E-state index is 13.8. The van der Waals surface area contributed by atoms with Crippen molar-refractivity contribution in [1.82, 2.24) is 9.97 Å². The van der Waals surface area contributed by atoms with Gasteiger partial charge in [-0.15, -0.1) is 0 Å². The molecule has 2 heterocycles. The van der Waals surface area contributed by atoms with Gasteiger partial charge < -0.3 is 15.4 Å². The number of fused-ring (bicyclic) bond motifs is 1. The van der Waals surface area contributed by atoms with Gasteiger partial charge in [0.2, 0.25) is 0 Å². The summed E-state index contributed by atoms with van der Waals surface area (Å²) in [7, 11) is 0. The van der Waals surface area contributed by atoms with E-state index in [4.69, 9.17) is 4.74 Å². The third-order valence-corrected chi connectivity index (χ3v) is 4.28. The second-order valence-electron chi connectivity index (χ2n) is 6.11. The second-order valence-corrected chi connectivity index (χ2v) is 6.11. The van der Waals surface area contributed by atoms with Crippen molar-refractivity contribution in [3.8, 4) is 5.75 Å². The summed E-state index contributed by atoms with van der Waals surface area (Å²) in [4.78, 5) is 8.52. The first-order chi connectivity index (χ1) is 11.3. The van der Waals surface area contributed by atoms with Crippen LogP contribution in [0.15, 0.2) is 30.6 Å². The number of halogens is 1. The van der Waals surface area contributed by atoms with Gasteiger partial charge in [-0.1, -0.05) is 12.1 Å². The molecule has 2 N–H and O–H groups in total. The molecule has 2 aliphatic rings. The predicted octanol–water partition coefficient (Wildman–Crippen LogP) is 3.37. The fourth-order valence-electron chi connectivity index (χ4n) is 2.82. The van der Waals surface area contributed by atoms with Crippen molar-refractivity contribution in [2.45, 2.75) is 25.3 Å². The molecule has 0 radical (unpaired) electrons. The number of para-hydroxylation sites is 1. The van der Waals surface area contributed by atoms with Gasteiger partial charge in [-0.25, -0.2) is 14.4 Å². The highest BCUT2D eigenvalue weighted by molar-refractivity contribution is 5.50. The first-order valence-electron chi connectivity index (χ1n) is 8.03. The predicted molar refractivity (Wildman–Crippen MR) is 86.1 cm³/mol. The Hall–Kier alpha value is -2.37. The summed E-state index contributed by atoms with van der Waals surface area (Å²) < 4.78 is 19.3. The molecule has 0 saturated heterocycles. The number of anilines is 2. The van der Waals surface area contributed by atoms with Gasteiger partial charge in [0, 0.05) is 24.6 Å². The SMILES string of the molecule is Fc1cccc2c1OCC[C@@H]2Nc1cc(NCC2CC2)ncn1. The summed E-state index contributed by atoms with van der Waals surface area (Å²) >= 11 is 0. The summed E-state index contributed by atoms with van der Waals surface area (Å²) in [5, 5.41) is 6.71. The Morgan fingerprint density at radius 3 is 2.91 bits per heavy atom. The van der Waals surface area contributed by atoms with Crippen LogP contribution in [0.2, 0.25) is 0 Å². The van der Waals surface area contributed by atoms with Gasteiger partial charge >= 0.3 is 0 Å². The molecular formula is C17H19FN4O. The largest absolute Gasteiger partial charge is 0.490 e. The topological polar surface area (TPSA) is 59.1 Å². The average molecular weight is 314 g/mol. The van der Waals surface area contributed by atoms with Gasteiger partial charge in [-0.3, -0.25) is 0 Å². The number of benzene rings is 1. The molecule has 0 spiro atoms. The van der Waals surface area contributed by atoms with E-state index >= 15 is 0 Å². The van der Waals surface area contributed by atoms with Crippen LogP contribution >= 0.6 is 0 Å². The van der Waals surface area contributed by atoms with Crippen LogP contribution in [0.4, 0.5) is 16.0 Å². The highest BCUT2D eigenvalue weighted by atomic mass is 19.1. The summed E-state index contributed by atoms with van der Waals surface area (Å²) in [5.41, 5.74) is 0.836. The van der Waals surface area contributed by atoms with Crippen LogP contribution in [0.1, 0.15) is 30.9 Å². The molecule has 2 aromatic rings. The minimum atomic E-state index is -0.316. The van der Waals surface area contributed by atoms with Gasteiger partial charge in [-0.2, -0.15) is 0 Å². The molecule has 1 fully saturated rings. The third-order valence-electron chi connectivity index (χ3n) is 4.28. The molecule has 1 atom stereocenters. The van der Waals surface area contributed by atoms with Crippen LogP contribution in [0.25, 0.3) is 0 Å². The van der Waals surface area contributed by atoms with Gasteiger partial charge in [0.15, 0.2) is 11.6 Å². The lowest BCUT2D eigenvalue weighted by molar-refractivity contribution is 0.260. The van der Waals surface area contributed by atoms with Crippen LogP contribution in [-0.2, 0) is 0 Å². The number of ether oxygens (including phenoxy) is 1. The number of aromatic nitrogens is 2. The Labute approximate surface area is 134 Å². The molecule has 6 heteroatoms. The summed E-state index contributed by atoms with van der Waals surface area (Å²) in [5.74, 6) is 2.37. The van der Waals surface area contributed by atoms with Crippen LogP contribution in [-0.4, -0.2) is 23.1 Å². The van der Waals surface area contributed by atoms with Gasteiger partial charge in [0.1, 0.15) is 18.0 Å². The molecule has 1 saturated carbocycles. The van der Waals surface area contributed by atoms with E-state index in [9.17, 15) is 4.39 Å². The normalized spacial score (nSPS) is 19.6. The molecule has 0 bridgehead atoms. The van der Waals surface area contributed by atoms with E-state index in [1.165, 1.54) is 18.9 Å². The zero-order chi connectivity index (χ0) is 15.6. The smallest absolute Gasteiger partial charge is 0.165 e. The second kappa shape index (κ2) is 6.02. The van der Waals surface area contributed by atoms with Crippen LogP contribution < -0.4 is 15.4 Å². The molecule has 1 aromatic heterocycles. The Morgan fingerprint density at radius 1 is 1.17 bits per heavy atom. The fraction of sp³-hybridized carbons (Fsp3) is 0.412. The van der Waals surface area contributed by atoms with E-state index in [0.717, 1.165) is 36.1 Å². The maximum Gasteiger partial charge on any atom is 0.165 e. The quantitative estimate of drug-likeness (QED) is 0.886. The van der Waals surface area contributed by atoms with E-state index in [1.54, 1.807) is 12.4 Å². The number of rotatable bonds is 5. The Morgan fingerprint density at radius 2 is 2.04 bits per heavy atom. The average Bonchev–Trinajstić information content (AvgIpc) is 3.39. The van der Waals surface area contributed by atoms with Gasteiger partial charge in [0.25, 0.3) is 0 Å². The molecule has 120 valence electrons. The molecule has 1 aliphatic heterocycles. The number of nitrogens with zero attached hydrogens (tertiary/aromatic N) is 2. The van der Waals surface area contributed by atoms with Crippen molar-refractivity contribution in [1.29, 1.82) is 0 Å². The minimum absolute atomic E-state index is 0.0133. The molecule has 1 aromatic carbocycles. The number of hydrogen-bond acceptors (Lipinski definition) is 5. The van der Waals surface area contributed by atoms with Crippen molar-refractivity contribution < 1.29 is 9.13 Å². The van der Waals surface area contributed by atoms with Crippen molar-refractivity contribution in [2.24, 2.45) is 5.92 Å². The van der Waals surface area contributed by atoms with Crippen molar-refractivity contribution in [3.63, 3.8) is 0 Å². The monoisotopic (exact) mass is 314 g/mol. The summed E-state index contributed by atoms with van der Waals surface area (Å²) in [6.07, 6.45) is 4.91. The fourth-order valence-corrected chi connectivity index (χ4v) is 2.82. The molecule has 23 heavy (non-hydrogen) atoms. The third kappa shape index (κ3) is 3.21. The first-order valence-corrected chi connectivity index (χ1v) is 8.03. The molecule has 0 unspecified atom stereocenters. The number of nitrogens with one attached hydrogen (secondary N) is 2. The zero-order valence-electron chi connectivity index (χ0n) is 12.8. The molecule has 5 nitrogen and oxygen atoms in total.